The zero-order chi connectivity index (χ0) is 19.2. The second-order valence-electron chi connectivity index (χ2n) is 6.04. The Hall–Kier alpha value is -1.08. The van der Waals surface area contributed by atoms with Crippen LogP contribution < -0.4 is 5.32 Å². The number of carbonyl (C=O) groups is 3. The second kappa shape index (κ2) is 6.91. The van der Waals surface area contributed by atoms with Gasteiger partial charge < -0.3 is 15.0 Å². The maximum Gasteiger partial charge on any atom is 0.330 e. The highest BCUT2D eigenvalue weighted by Gasteiger charge is 2.68. The normalized spacial score (nSPS) is 30.1. The van der Waals surface area contributed by atoms with Crippen molar-refractivity contribution in [1.82, 2.24) is 10.2 Å². The monoisotopic (exact) mass is 429 g/mol. The molecule has 2 aliphatic rings. The number of ether oxygens (including phenoxy) is 1. The molecule has 0 aromatic heterocycles. The van der Waals surface area contributed by atoms with Crippen LogP contribution in [0.5, 0.6) is 0 Å². The van der Waals surface area contributed by atoms with Crippen molar-refractivity contribution >= 4 is 63.4 Å². The molecule has 0 aliphatic carbocycles. The van der Waals surface area contributed by atoms with E-state index in [1.165, 1.54) is 0 Å². The summed E-state index contributed by atoms with van der Waals surface area (Å²) >= 11 is 16.6. The van der Waals surface area contributed by atoms with E-state index in [4.69, 9.17) is 44.8 Å². The molecule has 3 unspecified atom stereocenters. The SMILES string of the molecule is CC1(C)C(C(=O)OCC(Cl)(Cl)Cl)N2C(=O)C(NC(=O)CC#N)[C@H]2S1=O. The Morgan fingerprint density at radius 1 is 1.44 bits per heavy atom. The molecular formula is C13H14Cl3N3O5S. The van der Waals surface area contributed by atoms with Crippen LogP contribution in [-0.4, -0.2) is 59.5 Å². The number of rotatable bonds is 4. The number of nitrogens with zero attached hydrogens (tertiary/aromatic N) is 2. The molecule has 8 nitrogen and oxygen atoms in total. The van der Waals surface area contributed by atoms with E-state index in [2.05, 4.69) is 5.32 Å². The lowest BCUT2D eigenvalue weighted by atomic mass is 9.96. The highest BCUT2D eigenvalue weighted by Crippen LogP contribution is 2.44. The van der Waals surface area contributed by atoms with Gasteiger partial charge in [0.1, 0.15) is 30.5 Å². The molecule has 2 saturated heterocycles. The zero-order valence-corrected chi connectivity index (χ0v) is 16.2. The molecular weight excluding hydrogens is 417 g/mol. The summed E-state index contributed by atoms with van der Waals surface area (Å²) in [6.45, 7) is 2.57. The van der Waals surface area contributed by atoms with E-state index in [0.29, 0.717) is 0 Å². The van der Waals surface area contributed by atoms with Gasteiger partial charge in [0.15, 0.2) is 0 Å². The molecule has 0 radical (unpaired) electrons. The summed E-state index contributed by atoms with van der Waals surface area (Å²) in [7, 11) is -1.66. The maximum atomic E-state index is 12.7. The first-order valence-corrected chi connectivity index (χ1v) is 9.39. The third kappa shape index (κ3) is 3.72. The van der Waals surface area contributed by atoms with Gasteiger partial charge >= 0.3 is 5.97 Å². The van der Waals surface area contributed by atoms with Crippen LogP contribution in [0.1, 0.15) is 20.3 Å². The number of amides is 2. The van der Waals surface area contributed by atoms with Crippen LogP contribution in [0.3, 0.4) is 0 Å². The number of fused-ring (bicyclic) bond motifs is 1. The van der Waals surface area contributed by atoms with E-state index >= 15 is 0 Å². The highest BCUT2D eigenvalue weighted by atomic mass is 35.6. The molecule has 0 spiro atoms. The Kier molecular flexibility index (Phi) is 5.59. The van der Waals surface area contributed by atoms with Gasteiger partial charge in [0.25, 0.3) is 0 Å². The average Bonchev–Trinajstić information content (AvgIpc) is 2.67. The number of alkyl halides is 3. The minimum Gasteiger partial charge on any atom is -0.460 e. The van der Waals surface area contributed by atoms with Gasteiger partial charge in [-0.2, -0.15) is 5.26 Å². The van der Waals surface area contributed by atoms with E-state index in [1.807, 2.05) is 0 Å². The van der Waals surface area contributed by atoms with Crippen LogP contribution in [0.4, 0.5) is 0 Å². The third-order valence-electron chi connectivity index (χ3n) is 3.91. The highest BCUT2D eigenvalue weighted by molar-refractivity contribution is 7.87. The van der Waals surface area contributed by atoms with Crippen LogP contribution in [-0.2, 0) is 29.9 Å². The van der Waals surface area contributed by atoms with E-state index in [1.54, 1.807) is 19.9 Å². The molecule has 138 valence electrons. The molecule has 0 bridgehead atoms. The Balaban J connectivity index is 2.18. The fraction of sp³-hybridized carbons (Fsp3) is 0.692. The summed E-state index contributed by atoms with van der Waals surface area (Å²) in [4.78, 5) is 37.4. The van der Waals surface area contributed by atoms with Gasteiger partial charge in [-0.05, 0) is 13.8 Å². The van der Waals surface area contributed by atoms with Crippen LogP contribution in [0.15, 0.2) is 0 Å². The number of hydrogen-bond acceptors (Lipinski definition) is 6. The van der Waals surface area contributed by atoms with Gasteiger partial charge in [-0.3, -0.25) is 13.8 Å². The zero-order valence-electron chi connectivity index (χ0n) is 13.1. The molecule has 2 fully saturated rings. The largest absolute Gasteiger partial charge is 0.460 e. The Morgan fingerprint density at radius 3 is 2.56 bits per heavy atom. The molecule has 25 heavy (non-hydrogen) atoms. The fourth-order valence-electron chi connectivity index (χ4n) is 2.80. The molecule has 2 amide bonds. The van der Waals surface area contributed by atoms with E-state index in [-0.39, 0.29) is 0 Å². The summed E-state index contributed by atoms with van der Waals surface area (Å²) < 4.78 is 14.7. The Bertz CT molecular complexity index is 687. The predicted octanol–water partition coefficient (Wildman–Crippen LogP) is 0.376. The van der Waals surface area contributed by atoms with E-state index in [9.17, 15) is 18.6 Å². The molecule has 0 aromatic carbocycles. The van der Waals surface area contributed by atoms with Crippen molar-refractivity contribution in [3.8, 4) is 6.07 Å². The fourth-order valence-corrected chi connectivity index (χ4v) is 4.88. The number of nitrogens with one attached hydrogen (secondary N) is 1. The summed E-state index contributed by atoms with van der Waals surface area (Å²) in [5.74, 6) is -2.08. The van der Waals surface area contributed by atoms with Crippen LogP contribution in [0.25, 0.3) is 0 Å². The van der Waals surface area contributed by atoms with Crippen molar-refractivity contribution < 1.29 is 23.3 Å². The number of β-lactam (4-membered cyclic amide) rings is 1. The number of carbonyl (C=O) groups excluding carboxylic acids is 3. The molecule has 1 N–H and O–H groups in total. The number of halogens is 3. The lowest BCUT2D eigenvalue weighted by molar-refractivity contribution is -0.164. The summed E-state index contributed by atoms with van der Waals surface area (Å²) in [6.07, 6.45) is -0.429. The standard InChI is InChI=1S/C13H14Cl3N3O5S/c1-12(2)8(11(22)24-5-13(14,15)16)19-9(21)7(10(19)25(12)23)18-6(20)3-4-17/h7-8,10H,3,5H2,1-2H3,(H,18,20)/t7?,8?,10-,25?/m1/s1. The minimum atomic E-state index is -1.82. The minimum absolute atomic E-state index is 0.429. The number of hydrogen-bond donors (Lipinski definition) is 1. The maximum absolute atomic E-state index is 12.7. The van der Waals surface area contributed by atoms with Crippen LogP contribution >= 0.6 is 34.8 Å². The molecule has 4 atom stereocenters. The lowest BCUT2D eigenvalue weighted by Crippen LogP contribution is -2.71. The van der Waals surface area contributed by atoms with E-state index < -0.39 is 67.6 Å². The number of esters is 1. The first-order valence-electron chi connectivity index (χ1n) is 7.04. The van der Waals surface area contributed by atoms with Gasteiger partial charge in [0.2, 0.25) is 15.6 Å². The first-order chi connectivity index (χ1) is 11.4. The topological polar surface area (TPSA) is 117 Å². The quantitative estimate of drug-likeness (QED) is 0.391. The molecule has 0 aromatic rings. The van der Waals surface area contributed by atoms with Crippen molar-refractivity contribution in [1.29, 1.82) is 5.26 Å². The Morgan fingerprint density at radius 2 is 2.04 bits per heavy atom. The first kappa shape index (κ1) is 20.2. The summed E-state index contributed by atoms with van der Waals surface area (Å²) in [5.41, 5.74) is 0. The number of nitriles is 1. The van der Waals surface area contributed by atoms with E-state index in [0.717, 1.165) is 4.90 Å². The van der Waals surface area contributed by atoms with Gasteiger partial charge in [0.05, 0.1) is 21.6 Å². The molecule has 2 heterocycles. The van der Waals surface area contributed by atoms with Crippen molar-refractivity contribution in [2.24, 2.45) is 0 Å². The van der Waals surface area contributed by atoms with Gasteiger partial charge in [0, 0.05) is 0 Å². The summed E-state index contributed by atoms with van der Waals surface area (Å²) in [5, 5.41) is 9.99. The average molecular weight is 431 g/mol. The van der Waals surface area contributed by atoms with Gasteiger partial charge in [-0.1, -0.05) is 34.8 Å². The molecule has 12 heteroatoms. The van der Waals surface area contributed by atoms with Crippen LogP contribution in [0.2, 0.25) is 0 Å². The third-order valence-corrected chi connectivity index (χ3v) is 6.44. The Labute approximate surface area is 161 Å². The molecule has 2 aliphatic heterocycles. The molecule has 2 rings (SSSR count). The van der Waals surface area contributed by atoms with Crippen LogP contribution in [0, 0.1) is 11.3 Å². The van der Waals surface area contributed by atoms with Crippen molar-refractivity contribution in [3.63, 3.8) is 0 Å². The van der Waals surface area contributed by atoms with Crippen molar-refractivity contribution in [2.75, 3.05) is 6.61 Å². The lowest BCUT2D eigenvalue weighted by Gasteiger charge is -2.43. The molecule has 0 saturated carbocycles. The summed E-state index contributed by atoms with van der Waals surface area (Å²) in [6, 6.07) is -0.529. The second-order valence-corrected chi connectivity index (χ2v) is 10.7. The van der Waals surface area contributed by atoms with Crippen molar-refractivity contribution in [2.45, 2.75) is 46.3 Å². The van der Waals surface area contributed by atoms with Gasteiger partial charge in [-0.25, -0.2) is 4.79 Å². The van der Waals surface area contributed by atoms with Gasteiger partial charge in [-0.15, -0.1) is 0 Å². The van der Waals surface area contributed by atoms with Crippen molar-refractivity contribution in [3.05, 3.63) is 0 Å². The predicted molar refractivity (Wildman–Crippen MR) is 90.1 cm³/mol. The smallest absolute Gasteiger partial charge is 0.330 e.